The highest BCUT2D eigenvalue weighted by atomic mass is 32.2. The molecule has 0 unspecified atom stereocenters. The molecule has 34 heavy (non-hydrogen) atoms. The second kappa shape index (κ2) is 10.6. The number of rotatable bonds is 8. The zero-order valence-electron chi connectivity index (χ0n) is 19.9. The van der Waals surface area contributed by atoms with Gasteiger partial charge in [0.25, 0.3) is 0 Å². The Balaban J connectivity index is 1.59. The predicted octanol–water partition coefficient (Wildman–Crippen LogP) is 3.28. The van der Waals surface area contributed by atoms with Gasteiger partial charge in [0.2, 0.25) is 21.8 Å². The summed E-state index contributed by atoms with van der Waals surface area (Å²) >= 11 is 0. The summed E-state index contributed by atoms with van der Waals surface area (Å²) in [6.45, 7) is 6.92. The lowest BCUT2D eigenvalue weighted by molar-refractivity contribution is -0.121. The van der Waals surface area contributed by atoms with E-state index in [2.05, 4.69) is 26.1 Å². The number of anilines is 1. The number of primary amides is 1. The van der Waals surface area contributed by atoms with Crippen LogP contribution < -0.4 is 15.8 Å². The molecule has 1 saturated heterocycles. The number of piperidine rings is 1. The van der Waals surface area contributed by atoms with Gasteiger partial charge in [-0.1, -0.05) is 45.0 Å². The smallest absolute Gasteiger partial charge is 0.243 e. The number of amides is 2. The Bertz CT molecular complexity index is 1120. The number of para-hydroxylation sites is 2. The Labute approximate surface area is 201 Å². The van der Waals surface area contributed by atoms with Crippen LogP contribution in [-0.2, 0) is 25.0 Å². The van der Waals surface area contributed by atoms with E-state index in [1.54, 1.807) is 36.4 Å². The van der Waals surface area contributed by atoms with E-state index in [1.165, 1.54) is 4.31 Å². The van der Waals surface area contributed by atoms with E-state index in [9.17, 15) is 18.0 Å². The molecular weight excluding hydrogens is 454 g/mol. The fourth-order valence-electron chi connectivity index (χ4n) is 3.83. The molecule has 1 aliphatic rings. The number of benzene rings is 2. The van der Waals surface area contributed by atoms with E-state index in [4.69, 9.17) is 10.5 Å². The standard InChI is InChI=1S/C25H33N3O5S/c1-25(2,3)19-8-10-20(11-9-19)34(31,32)28-15-12-18(13-16-28)24(30)27-21-6-4-5-7-22(21)33-17-14-23(26)29/h4-11,18H,12-17H2,1-3H3,(H2,26,29)(H,27,30). The summed E-state index contributed by atoms with van der Waals surface area (Å²) in [7, 11) is -3.61. The number of sulfonamides is 1. The van der Waals surface area contributed by atoms with Crippen LogP contribution in [0.25, 0.3) is 0 Å². The minimum Gasteiger partial charge on any atom is -0.491 e. The van der Waals surface area contributed by atoms with E-state index in [-0.39, 0.29) is 48.3 Å². The second-order valence-corrected chi connectivity index (χ2v) is 11.4. The first-order chi connectivity index (χ1) is 16.0. The van der Waals surface area contributed by atoms with Crippen molar-refractivity contribution in [1.82, 2.24) is 4.31 Å². The lowest BCUT2D eigenvalue weighted by Crippen LogP contribution is -2.41. The van der Waals surface area contributed by atoms with Crippen molar-refractivity contribution in [1.29, 1.82) is 0 Å². The number of ether oxygens (including phenoxy) is 1. The first-order valence-electron chi connectivity index (χ1n) is 11.4. The van der Waals surface area contributed by atoms with Crippen LogP contribution in [0.5, 0.6) is 5.75 Å². The molecule has 1 heterocycles. The molecule has 0 saturated carbocycles. The SMILES string of the molecule is CC(C)(C)c1ccc(S(=O)(=O)N2CCC(C(=O)Nc3ccccc3OCCC(N)=O)CC2)cc1. The number of carbonyl (C=O) groups is 2. The lowest BCUT2D eigenvalue weighted by Gasteiger charge is -2.31. The molecule has 2 aromatic rings. The molecule has 3 N–H and O–H groups in total. The summed E-state index contributed by atoms with van der Waals surface area (Å²) in [6.07, 6.45) is 0.930. The highest BCUT2D eigenvalue weighted by molar-refractivity contribution is 7.89. The first kappa shape index (κ1) is 25.7. The fourth-order valence-corrected chi connectivity index (χ4v) is 5.30. The molecule has 184 valence electrons. The van der Waals surface area contributed by atoms with Crippen LogP contribution in [-0.4, -0.2) is 44.2 Å². The van der Waals surface area contributed by atoms with Crippen molar-refractivity contribution in [3.63, 3.8) is 0 Å². The van der Waals surface area contributed by atoms with Gasteiger partial charge in [-0.25, -0.2) is 8.42 Å². The van der Waals surface area contributed by atoms with Crippen molar-refractivity contribution in [2.45, 2.75) is 50.3 Å². The minimum atomic E-state index is -3.61. The van der Waals surface area contributed by atoms with Crippen molar-refractivity contribution in [3.05, 3.63) is 54.1 Å². The van der Waals surface area contributed by atoms with Gasteiger partial charge in [-0.05, 0) is 48.1 Å². The summed E-state index contributed by atoms with van der Waals surface area (Å²) < 4.78 is 33.2. The van der Waals surface area contributed by atoms with Gasteiger partial charge in [-0.3, -0.25) is 9.59 Å². The van der Waals surface area contributed by atoms with Crippen LogP contribution in [0.2, 0.25) is 0 Å². The van der Waals surface area contributed by atoms with Crippen LogP contribution in [0.15, 0.2) is 53.4 Å². The quantitative estimate of drug-likeness (QED) is 0.592. The van der Waals surface area contributed by atoms with E-state index in [0.29, 0.717) is 24.3 Å². The largest absolute Gasteiger partial charge is 0.491 e. The fraction of sp³-hybridized carbons (Fsp3) is 0.440. The Morgan fingerprint density at radius 1 is 1.06 bits per heavy atom. The van der Waals surface area contributed by atoms with Gasteiger partial charge in [0.05, 0.1) is 23.6 Å². The van der Waals surface area contributed by atoms with E-state index < -0.39 is 15.9 Å². The molecule has 2 amide bonds. The van der Waals surface area contributed by atoms with Crippen LogP contribution >= 0.6 is 0 Å². The Morgan fingerprint density at radius 2 is 1.68 bits per heavy atom. The Kier molecular flexibility index (Phi) is 7.99. The maximum atomic E-state index is 13.1. The number of nitrogens with two attached hydrogens (primary N) is 1. The number of hydrogen-bond donors (Lipinski definition) is 2. The summed E-state index contributed by atoms with van der Waals surface area (Å²) in [5.41, 5.74) is 6.66. The molecule has 0 radical (unpaired) electrons. The van der Waals surface area contributed by atoms with Gasteiger partial charge in [0.15, 0.2) is 0 Å². The molecule has 0 atom stereocenters. The first-order valence-corrected chi connectivity index (χ1v) is 12.8. The monoisotopic (exact) mass is 487 g/mol. The summed E-state index contributed by atoms with van der Waals surface area (Å²) in [5, 5.41) is 2.88. The van der Waals surface area contributed by atoms with Crippen LogP contribution in [0, 0.1) is 5.92 Å². The normalized spacial score (nSPS) is 15.6. The highest BCUT2D eigenvalue weighted by Crippen LogP contribution is 2.29. The third-order valence-electron chi connectivity index (χ3n) is 5.93. The van der Waals surface area contributed by atoms with E-state index in [0.717, 1.165) is 5.56 Å². The predicted molar refractivity (Wildman–Crippen MR) is 131 cm³/mol. The Morgan fingerprint density at radius 3 is 2.26 bits per heavy atom. The van der Waals surface area contributed by atoms with Crippen molar-refractivity contribution < 1.29 is 22.7 Å². The van der Waals surface area contributed by atoms with E-state index >= 15 is 0 Å². The van der Waals surface area contributed by atoms with Gasteiger partial charge in [0, 0.05) is 19.0 Å². The molecule has 1 aliphatic heterocycles. The summed E-state index contributed by atoms with van der Waals surface area (Å²) in [4.78, 5) is 24.0. The van der Waals surface area contributed by atoms with Gasteiger partial charge >= 0.3 is 0 Å². The van der Waals surface area contributed by atoms with Crippen molar-refractivity contribution >= 4 is 27.5 Å². The maximum Gasteiger partial charge on any atom is 0.243 e. The van der Waals surface area contributed by atoms with Gasteiger partial charge in [-0.2, -0.15) is 4.31 Å². The molecule has 1 fully saturated rings. The van der Waals surface area contributed by atoms with Gasteiger partial charge in [0.1, 0.15) is 5.75 Å². The van der Waals surface area contributed by atoms with Crippen LogP contribution in [0.3, 0.4) is 0 Å². The Hall–Kier alpha value is -2.91. The van der Waals surface area contributed by atoms with Crippen LogP contribution in [0.1, 0.15) is 45.6 Å². The minimum absolute atomic E-state index is 0.0561. The average molecular weight is 488 g/mol. The molecule has 2 aromatic carbocycles. The zero-order valence-corrected chi connectivity index (χ0v) is 20.7. The number of nitrogens with one attached hydrogen (secondary N) is 1. The molecule has 0 spiro atoms. The maximum absolute atomic E-state index is 13.1. The molecule has 0 bridgehead atoms. The number of carbonyl (C=O) groups excluding carboxylic acids is 2. The topological polar surface area (TPSA) is 119 Å². The highest BCUT2D eigenvalue weighted by Gasteiger charge is 2.32. The summed E-state index contributed by atoms with van der Waals surface area (Å²) in [6, 6.07) is 14.0. The number of nitrogens with zero attached hydrogens (tertiary/aromatic N) is 1. The summed E-state index contributed by atoms with van der Waals surface area (Å²) in [5.74, 6) is -0.505. The molecule has 8 nitrogen and oxygen atoms in total. The van der Waals surface area contributed by atoms with Crippen molar-refractivity contribution in [3.8, 4) is 5.75 Å². The second-order valence-electron chi connectivity index (χ2n) is 9.50. The molecule has 9 heteroatoms. The van der Waals surface area contributed by atoms with Gasteiger partial charge in [-0.15, -0.1) is 0 Å². The lowest BCUT2D eigenvalue weighted by atomic mass is 9.87. The molecule has 0 aromatic heterocycles. The van der Waals surface area contributed by atoms with Crippen molar-refractivity contribution in [2.75, 3.05) is 25.0 Å². The average Bonchev–Trinajstić information content (AvgIpc) is 2.79. The zero-order chi connectivity index (χ0) is 24.9. The van der Waals surface area contributed by atoms with Gasteiger partial charge < -0.3 is 15.8 Å². The molecule has 0 aliphatic carbocycles. The molecule has 3 rings (SSSR count). The third-order valence-corrected chi connectivity index (χ3v) is 7.85. The third kappa shape index (κ3) is 6.36. The number of hydrogen-bond acceptors (Lipinski definition) is 5. The van der Waals surface area contributed by atoms with Crippen molar-refractivity contribution in [2.24, 2.45) is 11.7 Å². The molecular formula is C25H33N3O5S. The van der Waals surface area contributed by atoms with Crippen LogP contribution in [0.4, 0.5) is 5.69 Å². The van der Waals surface area contributed by atoms with E-state index in [1.807, 2.05) is 12.1 Å².